The van der Waals surface area contributed by atoms with Crippen molar-refractivity contribution < 1.29 is 48.1 Å². The van der Waals surface area contributed by atoms with E-state index in [4.69, 9.17) is 72.9 Å². The third-order valence-corrected chi connectivity index (χ3v) is 43.2. The summed E-state index contributed by atoms with van der Waals surface area (Å²) in [6.07, 6.45) is 42.4. The van der Waals surface area contributed by atoms with E-state index in [1.165, 1.54) is 172 Å². The fraction of sp³-hybridized carbons (Fsp3) is 0.624. The molecular weight excluding hydrogens is 1840 g/mol. The molecule has 0 aliphatic heterocycles. The summed E-state index contributed by atoms with van der Waals surface area (Å²) in [7, 11) is 0. The fourth-order valence-corrected chi connectivity index (χ4v) is 35.3. The van der Waals surface area contributed by atoms with Crippen LogP contribution in [0.3, 0.4) is 0 Å². The van der Waals surface area contributed by atoms with Crippen molar-refractivity contribution in [2.45, 2.75) is 365 Å². The predicted octanol–water partition coefficient (Wildman–Crippen LogP) is 33.1. The summed E-state index contributed by atoms with van der Waals surface area (Å²) in [6, 6.07) is 63.1. The molecule has 0 bridgehead atoms. The van der Waals surface area contributed by atoms with Gasteiger partial charge in [0, 0.05) is 39.5 Å². The maximum absolute atomic E-state index is 13.2. The maximum Gasteiger partial charge on any atom is 0.338 e. The van der Waals surface area contributed by atoms with Crippen LogP contribution in [0.2, 0.25) is 0 Å². The van der Waals surface area contributed by atoms with Gasteiger partial charge in [0.15, 0.2) is 0 Å². The van der Waals surface area contributed by atoms with Crippen LogP contribution < -0.4 is 43.9 Å². The number of benzene rings is 8. The first-order chi connectivity index (χ1) is 71.4. The highest BCUT2D eigenvalue weighted by molar-refractivity contribution is 5.91. The maximum atomic E-state index is 13.2. The van der Waals surface area contributed by atoms with Gasteiger partial charge < -0.3 is 53.3 Å². The van der Waals surface area contributed by atoms with Crippen molar-refractivity contribution in [1.82, 2.24) is 0 Å². The molecule has 0 spiro atoms. The quantitative estimate of drug-likeness (QED) is 0.00966. The summed E-state index contributed by atoms with van der Waals surface area (Å²) in [6.45, 7) is 38.5. The van der Waals surface area contributed by atoms with Gasteiger partial charge in [0.2, 0.25) is 0 Å². The fourth-order valence-electron chi connectivity index (χ4n) is 35.3. The van der Waals surface area contributed by atoms with Gasteiger partial charge in [0.1, 0.15) is 48.4 Å². The molecule has 28 atom stereocenters. The topological polar surface area (TPSA) is 264 Å². The largest absolute Gasteiger partial charge is 0.459 e. The zero-order valence-corrected chi connectivity index (χ0v) is 93.4. The van der Waals surface area contributed by atoms with E-state index < -0.39 is 0 Å². The lowest BCUT2D eigenvalue weighted by Crippen LogP contribution is -2.59. The second kappa shape index (κ2) is 46.7. The van der Waals surface area contributed by atoms with Crippen molar-refractivity contribution >= 4 is 46.1 Å². The molecule has 12 N–H and O–H groups in total. The van der Waals surface area contributed by atoms with Crippen molar-refractivity contribution in [2.24, 2.45) is 157 Å². The Kier molecular flexibility index (Phi) is 34.4. The van der Waals surface area contributed by atoms with Crippen molar-refractivity contribution in [2.75, 3.05) is 34.4 Å². The third kappa shape index (κ3) is 23.8. The van der Waals surface area contributed by atoms with Crippen LogP contribution in [-0.2, 0) is 47.7 Å². The lowest BCUT2D eigenvalue weighted by Gasteiger charge is -2.63. The van der Waals surface area contributed by atoms with Gasteiger partial charge in [-0.2, -0.15) is 0 Å². The number of hydrogen-bond acceptors (Lipinski definition) is 16. The predicted molar refractivity (Wildman–Crippen MR) is 607 cm³/mol. The van der Waals surface area contributed by atoms with Gasteiger partial charge in [-0.3, -0.25) is 0 Å². The van der Waals surface area contributed by atoms with Gasteiger partial charge >= 0.3 is 11.9 Å². The Hall–Kier alpha value is -9.06. The Bertz CT molecular complexity index is 5610. The molecule has 16 nitrogen and oxygen atoms in total. The van der Waals surface area contributed by atoms with Crippen molar-refractivity contribution in [3.8, 4) is 23.0 Å². The molecule has 12 fully saturated rings. The van der Waals surface area contributed by atoms with Gasteiger partial charge in [0.25, 0.3) is 0 Å². The van der Waals surface area contributed by atoms with E-state index in [0.717, 1.165) is 198 Å². The average molecular weight is 2030 g/mol. The molecule has 16 heteroatoms. The number of hydrogen-bond donors (Lipinski definition) is 6. The monoisotopic (exact) mass is 2030 g/mol. The average Bonchev–Trinajstić information content (AvgIpc) is 1.65. The number of fused-ring (bicyclic) bond motifs is 15. The number of nitrogen functional groups attached to an aromatic ring is 6. The number of anilines is 6. The number of carbonyl (C=O) groups is 2. The number of nitrogens with two attached hydrogens (primary N) is 6. The van der Waals surface area contributed by atoms with Gasteiger partial charge in [-0.05, 0) is 479 Å². The minimum Gasteiger partial charge on any atom is -0.459 e. The van der Waals surface area contributed by atoms with Crippen LogP contribution in [-0.4, -0.2) is 36.4 Å². The van der Waals surface area contributed by atoms with Gasteiger partial charge in [0.05, 0.1) is 23.3 Å². The van der Waals surface area contributed by atoms with Crippen molar-refractivity contribution in [3.63, 3.8) is 0 Å². The highest BCUT2D eigenvalue weighted by Gasteiger charge is 2.68. The van der Waals surface area contributed by atoms with E-state index in [9.17, 15) is 9.59 Å². The van der Waals surface area contributed by atoms with E-state index >= 15 is 0 Å². The van der Waals surface area contributed by atoms with Gasteiger partial charge in [-0.1, -0.05) is 216 Å². The van der Waals surface area contributed by atoms with E-state index in [0.29, 0.717) is 87.0 Å². The first-order valence-corrected chi connectivity index (χ1v) is 59.1. The minimum atomic E-state index is -0.289. The molecule has 0 saturated heterocycles. The molecule has 0 heterocycles. The van der Waals surface area contributed by atoms with Crippen LogP contribution in [0.4, 0.5) is 34.1 Å². The highest BCUT2D eigenvalue weighted by Crippen LogP contribution is 2.74. The smallest absolute Gasteiger partial charge is 0.338 e. The number of rotatable bonds is 33. The Balaban J connectivity index is 0.000000147. The molecular formula is C133H186N6O10. The van der Waals surface area contributed by atoms with Gasteiger partial charge in [-0.15, -0.1) is 0 Å². The second-order valence-electron chi connectivity index (χ2n) is 53.0. The van der Waals surface area contributed by atoms with Crippen LogP contribution in [0.5, 0.6) is 23.0 Å². The van der Waals surface area contributed by atoms with Crippen LogP contribution in [0.15, 0.2) is 194 Å². The first kappa shape index (κ1) is 110. The van der Waals surface area contributed by atoms with Crippen molar-refractivity contribution in [3.05, 3.63) is 228 Å². The molecule has 0 amide bonds. The second-order valence-corrected chi connectivity index (χ2v) is 53.0. The number of carbonyl (C=O) groups excluding carboxylic acids is 2. The molecule has 12 aliphatic rings. The third-order valence-electron chi connectivity index (χ3n) is 43.2. The molecule has 0 aromatic heterocycles. The molecule has 0 radical (unpaired) electrons. The van der Waals surface area contributed by atoms with Crippen molar-refractivity contribution in [1.29, 1.82) is 0 Å². The molecule has 20 rings (SSSR count). The Morgan fingerprint density at radius 1 is 0.309 bits per heavy atom. The molecule has 12 aliphatic carbocycles. The summed E-state index contributed by atoms with van der Waals surface area (Å²) in [5, 5.41) is 0. The Morgan fingerprint density at radius 2 is 0.671 bits per heavy atom. The molecule has 8 aromatic rings. The van der Waals surface area contributed by atoms with Crippen LogP contribution in [0.1, 0.15) is 365 Å². The molecule has 149 heavy (non-hydrogen) atoms. The minimum absolute atomic E-state index is 0.0297. The zero-order chi connectivity index (χ0) is 105. The Morgan fingerprint density at radius 3 is 1.09 bits per heavy atom. The highest BCUT2D eigenvalue weighted by atomic mass is 17.2. The summed E-state index contributed by atoms with van der Waals surface area (Å²) in [4.78, 5) is 51.4. The standard InChI is InChI=1S/C51H66N2O2.2C41H60N2O4/c1-34(2)7-6-8-35(3)46-27-28-47-45-26-13-38-33-51(32-31-49(38,4)48(45)29-30-50(46,47)5,36-9-18-41(19-10-36)54-43-22-14-39(52)15-23-43)37-11-20-42(21-12-37)55-44-24-16-40(53)17-25-44;1-26(2)9-6-10-27(3)34-15-16-35-33-24-38(47-45-25-28-11-7-13-30(42)21-28)37-23-32(46-39(44)29-12-8-14-31(43)22-29)17-19-41(37,5)36(33)18-20-40(34,35)4;1-26(2)7-6-8-27(3)34-17-18-35-33-24-38(47-45-25-28-9-13-30(42)14-10-28)37-23-32(46-39(44)29-11-15-31(43)16-12-29)19-21-41(37,5)36(33)20-22-40(34,35)4/h9-12,14-25,34-35,38,45-48H,6-8,13,26-33,52-53H2,1-5H3;7-8,11-14,21-22,26-27,32-38H,6,9-10,15-20,23-25,42-43H2,1-5H3;9-16,26-27,32-38H,6-8,17-25,42-43H2,1-5H3. The van der Waals surface area contributed by atoms with Gasteiger partial charge in [-0.25, -0.2) is 29.1 Å². The molecule has 808 valence electrons. The lowest BCUT2D eigenvalue weighted by atomic mass is 9.42. The first-order valence-electron chi connectivity index (χ1n) is 59.1. The molecule has 12 saturated carbocycles. The number of ether oxygens (including phenoxy) is 4. The summed E-state index contributed by atoms with van der Waals surface area (Å²) in [5.74, 6) is 18.1. The van der Waals surface area contributed by atoms with E-state index in [1.807, 2.05) is 103 Å². The SMILES string of the molecule is CC(C)CCCC(C)C1CCC2C3CC(OOCc4ccc(N)cc4)C4CC(OC(=O)c5ccc(N)cc5)CCC4(C)C3CCC12C.CC(C)CCCC(C)C1CCC2C3CC(OOCc4cccc(N)c4)C4CC(OC(=O)c5cccc(N)c5)CCC4(C)C3CCC12C.CC(C)CCCC(C)C1CCC2C3CCC4CC(c5ccc(Oc6ccc(N)cc6)cc5)(c5ccc(Oc6ccc(N)cc6)cc5)CCC4(C)C3CCC12C. The number of esters is 2. The molecule has 28 unspecified atom stereocenters. The normalized spacial score (nSPS) is 33.5. The zero-order valence-electron chi connectivity index (χ0n) is 93.4. The van der Waals surface area contributed by atoms with Crippen LogP contribution >= 0.6 is 0 Å². The summed E-state index contributed by atoms with van der Waals surface area (Å²) >= 11 is 0. The lowest BCUT2D eigenvalue weighted by molar-refractivity contribution is -0.365. The molecule has 8 aromatic carbocycles. The summed E-state index contributed by atoms with van der Waals surface area (Å²) in [5.41, 5.74) is 47.7. The van der Waals surface area contributed by atoms with Crippen LogP contribution in [0.25, 0.3) is 0 Å². The summed E-state index contributed by atoms with van der Waals surface area (Å²) < 4.78 is 24.9. The van der Waals surface area contributed by atoms with E-state index in [2.05, 4.69) is 152 Å². The van der Waals surface area contributed by atoms with E-state index in [-0.39, 0.29) is 64.4 Å². The van der Waals surface area contributed by atoms with Crippen LogP contribution in [0, 0.1) is 157 Å². The Labute approximate surface area is 895 Å². The van der Waals surface area contributed by atoms with E-state index in [1.54, 1.807) is 42.5 Å².